The van der Waals surface area contributed by atoms with Gasteiger partial charge in [0.25, 0.3) is 0 Å². The Hall–Kier alpha value is -0.820. The summed E-state index contributed by atoms with van der Waals surface area (Å²) in [6.45, 7) is 4.53. The molecule has 0 saturated heterocycles. The summed E-state index contributed by atoms with van der Waals surface area (Å²) in [4.78, 5) is 0. The van der Waals surface area contributed by atoms with Crippen LogP contribution in [0.15, 0.2) is 30.3 Å². The Kier molecular flexibility index (Phi) is 5.39. The maximum Gasteiger partial charge on any atom is -0.0276 e. The van der Waals surface area contributed by atoms with Crippen LogP contribution in [-0.4, -0.2) is 0 Å². The first kappa shape index (κ1) is 11.2. The van der Waals surface area contributed by atoms with Crippen LogP contribution >= 0.6 is 0 Å². The molecule has 1 nitrogen and oxygen atoms in total. The van der Waals surface area contributed by atoms with Crippen molar-refractivity contribution in [2.45, 2.75) is 26.7 Å². The number of benzene rings is 1. The maximum absolute atomic E-state index is 2.27. The van der Waals surface area contributed by atoms with E-state index in [4.69, 9.17) is 0 Å². The second kappa shape index (κ2) is 5.78. The smallest absolute Gasteiger partial charge is 0.0276 e. The number of hydrogen-bond acceptors (Lipinski definition) is 1. The summed E-state index contributed by atoms with van der Waals surface area (Å²) >= 11 is 0. The van der Waals surface area contributed by atoms with Crippen LogP contribution in [-0.2, 0) is 6.42 Å². The van der Waals surface area contributed by atoms with Crippen LogP contribution in [0.1, 0.15) is 25.8 Å². The van der Waals surface area contributed by atoms with Crippen molar-refractivity contribution in [3.8, 4) is 0 Å². The average Bonchev–Trinajstić information content (AvgIpc) is 2.03. The first-order chi connectivity index (χ1) is 5.29. The molecule has 0 bridgehead atoms. The first-order valence-corrected chi connectivity index (χ1v) is 4.33. The van der Waals surface area contributed by atoms with Crippen molar-refractivity contribution in [3.63, 3.8) is 0 Å². The van der Waals surface area contributed by atoms with Crippen LogP contribution in [0.25, 0.3) is 0 Å². The van der Waals surface area contributed by atoms with E-state index in [1.807, 2.05) is 0 Å². The molecule has 0 unspecified atom stereocenters. The lowest BCUT2D eigenvalue weighted by atomic mass is 10.0. The Balaban J connectivity index is 0.00000121. The van der Waals surface area contributed by atoms with E-state index >= 15 is 0 Å². The molecule has 0 aliphatic carbocycles. The molecule has 12 heavy (non-hydrogen) atoms. The quantitative estimate of drug-likeness (QED) is 0.731. The summed E-state index contributed by atoms with van der Waals surface area (Å²) in [5.41, 5.74) is 1.46. The lowest BCUT2D eigenvalue weighted by molar-refractivity contribution is 0.587. The van der Waals surface area contributed by atoms with E-state index in [1.54, 1.807) is 0 Å². The van der Waals surface area contributed by atoms with Gasteiger partial charge >= 0.3 is 0 Å². The summed E-state index contributed by atoms with van der Waals surface area (Å²) in [6.07, 6.45) is 2.52. The van der Waals surface area contributed by atoms with E-state index in [0.29, 0.717) is 0 Å². The van der Waals surface area contributed by atoms with Gasteiger partial charge in [0.2, 0.25) is 0 Å². The predicted molar refractivity (Wildman–Crippen MR) is 54.6 cm³/mol. The summed E-state index contributed by atoms with van der Waals surface area (Å²) in [5.74, 6) is 0.815. The number of rotatable bonds is 3. The molecule has 0 saturated carbocycles. The molecule has 0 spiro atoms. The summed E-state index contributed by atoms with van der Waals surface area (Å²) in [6, 6.07) is 10.7. The highest BCUT2D eigenvalue weighted by molar-refractivity contribution is 5.14. The van der Waals surface area contributed by atoms with E-state index in [2.05, 4.69) is 44.2 Å². The van der Waals surface area contributed by atoms with Gasteiger partial charge in [-0.15, -0.1) is 0 Å². The standard InChI is InChI=1S/C11H16.H3N/c1-10(2)8-9-11-6-4-3-5-7-11;/h3-7,10H,8-9H2,1-2H3;1H3. The highest BCUT2D eigenvalue weighted by atomic mass is 14.0. The zero-order valence-corrected chi connectivity index (χ0v) is 8.09. The Morgan fingerprint density at radius 2 is 1.67 bits per heavy atom. The van der Waals surface area contributed by atoms with Crippen molar-refractivity contribution < 1.29 is 0 Å². The van der Waals surface area contributed by atoms with E-state index in [1.165, 1.54) is 18.4 Å². The van der Waals surface area contributed by atoms with Gasteiger partial charge in [-0.05, 0) is 24.3 Å². The van der Waals surface area contributed by atoms with Gasteiger partial charge in [-0.3, -0.25) is 0 Å². The summed E-state index contributed by atoms with van der Waals surface area (Å²) in [7, 11) is 0. The molecule has 0 aliphatic heterocycles. The lowest BCUT2D eigenvalue weighted by Crippen LogP contribution is -1.91. The largest absolute Gasteiger partial charge is 0.344 e. The van der Waals surface area contributed by atoms with Crippen molar-refractivity contribution in [3.05, 3.63) is 35.9 Å². The van der Waals surface area contributed by atoms with Crippen molar-refractivity contribution >= 4 is 0 Å². The van der Waals surface area contributed by atoms with Gasteiger partial charge in [-0.25, -0.2) is 0 Å². The molecule has 0 aliphatic rings. The zero-order valence-electron chi connectivity index (χ0n) is 8.09. The topological polar surface area (TPSA) is 35.0 Å². The van der Waals surface area contributed by atoms with Gasteiger partial charge < -0.3 is 6.15 Å². The molecule has 3 N–H and O–H groups in total. The van der Waals surface area contributed by atoms with E-state index in [0.717, 1.165) is 5.92 Å². The molecule has 1 aromatic rings. The normalized spacial score (nSPS) is 9.58. The van der Waals surface area contributed by atoms with Crippen LogP contribution in [0.2, 0.25) is 0 Å². The van der Waals surface area contributed by atoms with E-state index < -0.39 is 0 Å². The number of aryl methyl sites for hydroxylation is 1. The lowest BCUT2D eigenvalue weighted by Gasteiger charge is -2.03. The Morgan fingerprint density at radius 1 is 1.08 bits per heavy atom. The Labute approximate surface area is 75.4 Å². The second-order valence-electron chi connectivity index (χ2n) is 3.42. The minimum absolute atomic E-state index is 0. The second-order valence-corrected chi connectivity index (χ2v) is 3.42. The third-order valence-electron chi connectivity index (χ3n) is 1.85. The fraction of sp³-hybridized carbons (Fsp3) is 0.455. The van der Waals surface area contributed by atoms with Crippen LogP contribution in [0, 0.1) is 5.92 Å². The van der Waals surface area contributed by atoms with Crippen LogP contribution in [0.4, 0.5) is 0 Å². The fourth-order valence-electron chi connectivity index (χ4n) is 1.10. The average molecular weight is 165 g/mol. The van der Waals surface area contributed by atoms with Crippen molar-refractivity contribution in [1.82, 2.24) is 6.15 Å². The van der Waals surface area contributed by atoms with Gasteiger partial charge in [0.15, 0.2) is 0 Å². The third kappa shape index (κ3) is 4.14. The van der Waals surface area contributed by atoms with Crippen LogP contribution in [0.5, 0.6) is 0 Å². The molecule has 0 atom stereocenters. The highest BCUT2D eigenvalue weighted by Crippen LogP contribution is 2.07. The number of hydrogen-bond donors (Lipinski definition) is 1. The van der Waals surface area contributed by atoms with Crippen LogP contribution < -0.4 is 6.15 Å². The van der Waals surface area contributed by atoms with Gasteiger partial charge in [-0.2, -0.15) is 0 Å². The minimum Gasteiger partial charge on any atom is -0.344 e. The van der Waals surface area contributed by atoms with Gasteiger partial charge in [0.05, 0.1) is 0 Å². The molecular formula is C11H19N. The molecule has 1 aromatic carbocycles. The third-order valence-corrected chi connectivity index (χ3v) is 1.85. The molecule has 68 valence electrons. The summed E-state index contributed by atoms with van der Waals surface area (Å²) < 4.78 is 0. The van der Waals surface area contributed by atoms with Gasteiger partial charge in [0, 0.05) is 0 Å². The predicted octanol–water partition coefficient (Wildman–Crippen LogP) is 3.44. The zero-order chi connectivity index (χ0) is 8.10. The molecular weight excluding hydrogens is 146 g/mol. The molecule has 1 rings (SSSR count). The first-order valence-electron chi connectivity index (χ1n) is 4.33. The fourth-order valence-corrected chi connectivity index (χ4v) is 1.10. The molecule has 0 radical (unpaired) electrons. The van der Waals surface area contributed by atoms with E-state index in [9.17, 15) is 0 Å². The van der Waals surface area contributed by atoms with Gasteiger partial charge in [-0.1, -0.05) is 44.2 Å². The maximum atomic E-state index is 2.27. The molecule has 0 fully saturated rings. The molecule has 1 heteroatoms. The van der Waals surface area contributed by atoms with Crippen LogP contribution in [0.3, 0.4) is 0 Å². The Bertz CT molecular complexity index is 191. The van der Waals surface area contributed by atoms with Crippen molar-refractivity contribution in [2.24, 2.45) is 5.92 Å². The molecule has 0 amide bonds. The monoisotopic (exact) mass is 165 g/mol. The van der Waals surface area contributed by atoms with Crippen molar-refractivity contribution in [1.29, 1.82) is 0 Å². The highest BCUT2D eigenvalue weighted by Gasteiger charge is 1.94. The Morgan fingerprint density at radius 3 is 2.17 bits per heavy atom. The molecule has 0 heterocycles. The van der Waals surface area contributed by atoms with Crippen molar-refractivity contribution in [2.75, 3.05) is 0 Å². The molecule has 0 aromatic heterocycles. The van der Waals surface area contributed by atoms with Gasteiger partial charge in [0.1, 0.15) is 0 Å². The summed E-state index contributed by atoms with van der Waals surface area (Å²) in [5, 5.41) is 0. The SMILES string of the molecule is CC(C)CCc1ccccc1.N. The van der Waals surface area contributed by atoms with E-state index in [-0.39, 0.29) is 6.15 Å². The minimum atomic E-state index is 0.